The zero-order chi connectivity index (χ0) is 11.8. The topological polar surface area (TPSA) is 29.9 Å². The summed E-state index contributed by atoms with van der Waals surface area (Å²) in [5.74, 6) is 0. The molecule has 1 fully saturated rings. The van der Waals surface area contributed by atoms with Crippen LogP contribution in [0, 0.1) is 0 Å². The molecule has 3 nitrogen and oxygen atoms in total. The monoisotopic (exact) mass is 223 g/mol. The molecule has 0 amide bonds. The van der Waals surface area contributed by atoms with Gasteiger partial charge in [0.1, 0.15) is 0 Å². The summed E-state index contributed by atoms with van der Waals surface area (Å²) in [6, 6.07) is 2.77. The number of nitrogens with zero attached hydrogens (tertiary/aromatic N) is 2. The minimum atomic E-state index is 0.655. The van der Waals surface area contributed by atoms with Gasteiger partial charge in [-0.1, -0.05) is 33.1 Å². The number of hydrogen-bond donors (Lipinski definition) is 1. The lowest BCUT2D eigenvalue weighted by Crippen LogP contribution is -2.19. The lowest BCUT2D eigenvalue weighted by molar-refractivity contribution is 0.321. The molecule has 1 aliphatic carbocycles. The lowest BCUT2D eigenvalue weighted by atomic mass is 9.95. The largest absolute Gasteiger partial charge is 0.314 e. The zero-order valence-electron chi connectivity index (χ0n) is 10.9. The highest BCUT2D eigenvalue weighted by atomic mass is 15.3. The van der Waals surface area contributed by atoms with E-state index in [0.717, 1.165) is 6.54 Å². The summed E-state index contributed by atoms with van der Waals surface area (Å²) in [4.78, 5) is 0. The highest BCUT2D eigenvalue weighted by Gasteiger charge is 2.17. The van der Waals surface area contributed by atoms with Gasteiger partial charge >= 0.3 is 0 Å². The van der Waals surface area contributed by atoms with Gasteiger partial charge in [0.05, 0.1) is 11.7 Å². The number of hydrogen-bond acceptors (Lipinski definition) is 2. The van der Waals surface area contributed by atoms with Gasteiger partial charge in [0.2, 0.25) is 0 Å². The summed E-state index contributed by atoms with van der Waals surface area (Å²) in [5.41, 5.74) is 1.32. The predicted molar refractivity (Wildman–Crippen MR) is 68.5 cm³/mol. The van der Waals surface area contributed by atoms with Gasteiger partial charge < -0.3 is 5.32 Å². The van der Waals surface area contributed by atoms with E-state index in [4.69, 9.17) is 0 Å². The standard InChI is InChI=1S/C11H19N3.C2H6/c1-12-9-11-7-8-13-14(11)10-5-3-2-4-6-10;1-2/h7-8,10,12H,2-6,9H2,1H3;1-2H3. The van der Waals surface area contributed by atoms with Crippen LogP contribution in [0.1, 0.15) is 57.7 Å². The smallest absolute Gasteiger partial charge is 0.0525 e. The van der Waals surface area contributed by atoms with Crippen molar-refractivity contribution in [3.63, 3.8) is 0 Å². The Hall–Kier alpha value is -0.830. The molecular formula is C13H25N3. The van der Waals surface area contributed by atoms with Crippen LogP contribution < -0.4 is 5.32 Å². The van der Waals surface area contributed by atoms with Crippen LogP contribution in [0.15, 0.2) is 12.3 Å². The molecule has 1 heterocycles. The van der Waals surface area contributed by atoms with Crippen LogP contribution in [0.25, 0.3) is 0 Å². The van der Waals surface area contributed by atoms with Crippen molar-refractivity contribution in [2.24, 2.45) is 0 Å². The summed E-state index contributed by atoms with van der Waals surface area (Å²) in [6.07, 6.45) is 8.66. The first-order valence-electron chi connectivity index (χ1n) is 6.59. The van der Waals surface area contributed by atoms with Crippen LogP contribution in [0.5, 0.6) is 0 Å². The van der Waals surface area contributed by atoms with Gasteiger partial charge in [-0.15, -0.1) is 0 Å². The van der Waals surface area contributed by atoms with E-state index < -0.39 is 0 Å². The summed E-state index contributed by atoms with van der Waals surface area (Å²) in [5, 5.41) is 7.62. The molecule has 3 heteroatoms. The van der Waals surface area contributed by atoms with Gasteiger partial charge in [-0.3, -0.25) is 4.68 Å². The second kappa shape index (κ2) is 7.44. The Morgan fingerprint density at radius 2 is 2.00 bits per heavy atom. The number of rotatable bonds is 3. The Morgan fingerprint density at radius 3 is 2.62 bits per heavy atom. The molecule has 16 heavy (non-hydrogen) atoms. The SMILES string of the molecule is CC.CNCc1ccnn1C1CCCCC1. The average molecular weight is 223 g/mol. The van der Waals surface area contributed by atoms with Crippen molar-refractivity contribution in [3.05, 3.63) is 18.0 Å². The Labute approximate surface area is 99.2 Å². The maximum Gasteiger partial charge on any atom is 0.0525 e. The van der Waals surface area contributed by atoms with Crippen LogP contribution in [-0.2, 0) is 6.54 Å². The van der Waals surface area contributed by atoms with Gasteiger partial charge in [-0.05, 0) is 26.0 Å². The summed E-state index contributed by atoms with van der Waals surface area (Å²) in [7, 11) is 1.98. The summed E-state index contributed by atoms with van der Waals surface area (Å²) < 4.78 is 2.22. The highest BCUT2D eigenvalue weighted by Crippen LogP contribution is 2.28. The van der Waals surface area contributed by atoms with Crippen LogP contribution in [0.3, 0.4) is 0 Å². The van der Waals surface area contributed by atoms with Gasteiger partial charge in [0.25, 0.3) is 0 Å². The van der Waals surface area contributed by atoms with E-state index in [0.29, 0.717) is 6.04 Å². The Bertz CT molecular complexity index is 274. The van der Waals surface area contributed by atoms with Crippen molar-refractivity contribution < 1.29 is 0 Å². The molecule has 0 radical (unpaired) electrons. The quantitative estimate of drug-likeness (QED) is 0.853. The first kappa shape index (κ1) is 13.2. The molecule has 92 valence electrons. The van der Waals surface area contributed by atoms with Crippen molar-refractivity contribution in [3.8, 4) is 0 Å². The molecular weight excluding hydrogens is 198 g/mol. The maximum absolute atomic E-state index is 4.44. The molecule has 0 aliphatic heterocycles. The number of aromatic nitrogens is 2. The molecule has 0 unspecified atom stereocenters. The van der Waals surface area contributed by atoms with Crippen LogP contribution >= 0.6 is 0 Å². The molecule has 1 N–H and O–H groups in total. The fraction of sp³-hybridized carbons (Fsp3) is 0.769. The van der Waals surface area contributed by atoms with Gasteiger partial charge in [0, 0.05) is 12.7 Å². The molecule has 0 spiro atoms. The molecule has 1 saturated carbocycles. The van der Waals surface area contributed by atoms with E-state index in [-0.39, 0.29) is 0 Å². The second-order valence-corrected chi connectivity index (χ2v) is 4.09. The third kappa shape index (κ3) is 3.34. The van der Waals surface area contributed by atoms with E-state index in [9.17, 15) is 0 Å². The minimum Gasteiger partial charge on any atom is -0.314 e. The van der Waals surface area contributed by atoms with Crippen LogP contribution in [0.4, 0.5) is 0 Å². The van der Waals surface area contributed by atoms with E-state index in [1.54, 1.807) is 0 Å². The van der Waals surface area contributed by atoms with E-state index in [1.165, 1.54) is 37.8 Å². The molecule has 0 bridgehead atoms. The van der Waals surface area contributed by atoms with Gasteiger partial charge in [-0.2, -0.15) is 5.10 Å². The zero-order valence-corrected chi connectivity index (χ0v) is 10.9. The highest BCUT2D eigenvalue weighted by molar-refractivity contribution is 5.01. The summed E-state index contributed by atoms with van der Waals surface area (Å²) >= 11 is 0. The van der Waals surface area contributed by atoms with E-state index in [2.05, 4.69) is 21.2 Å². The van der Waals surface area contributed by atoms with Crippen molar-refractivity contribution in [1.29, 1.82) is 0 Å². The Kier molecular flexibility index (Phi) is 6.16. The van der Waals surface area contributed by atoms with E-state index in [1.807, 2.05) is 27.1 Å². The molecule has 1 aromatic heterocycles. The predicted octanol–water partition coefficient (Wildman–Crippen LogP) is 3.13. The molecule has 0 saturated heterocycles. The summed E-state index contributed by atoms with van der Waals surface area (Å²) in [6.45, 7) is 4.93. The van der Waals surface area contributed by atoms with Crippen molar-refractivity contribution >= 4 is 0 Å². The first-order chi connectivity index (χ1) is 7.92. The molecule has 0 atom stereocenters. The third-order valence-corrected chi connectivity index (χ3v) is 3.03. The van der Waals surface area contributed by atoms with E-state index >= 15 is 0 Å². The Morgan fingerprint density at radius 1 is 1.31 bits per heavy atom. The third-order valence-electron chi connectivity index (χ3n) is 3.03. The second-order valence-electron chi connectivity index (χ2n) is 4.09. The fourth-order valence-corrected chi connectivity index (χ4v) is 2.32. The first-order valence-corrected chi connectivity index (χ1v) is 6.59. The van der Waals surface area contributed by atoms with Crippen LogP contribution in [0.2, 0.25) is 0 Å². The van der Waals surface area contributed by atoms with Gasteiger partial charge in [-0.25, -0.2) is 0 Å². The van der Waals surface area contributed by atoms with Crippen molar-refractivity contribution in [2.75, 3.05) is 7.05 Å². The number of nitrogens with one attached hydrogen (secondary N) is 1. The molecule has 2 rings (SSSR count). The lowest BCUT2D eigenvalue weighted by Gasteiger charge is -2.23. The Balaban J connectivity index is 0.000000606. The van der Waals surface area contributed by atoms with Gasteiger partial charge in [0.15, 0.2) is 0 Å². The van der Waals surface area contributed by atoms with Crippen molar-refractivity contribution in [2.45, 2.75) is 58.5 Å². The molecule has 0 aromatic carbocycles. The maximum atomic E-state index is 4.44. The average Bonchev–Trinajstić information content (AvgIpc) is 2.82. The normalized spacial score (nSPS) is 16.7. The van der Waals surface area contributed by atoms with Crippen LogP contribution in [-0.4, -0.2) is 16.8 Å². The minimum absolute atomic E-state index is 0.655. The fourth-order valence-electron chi connectivity index (χ4n) is 2.32. The molecule has 1 aromatic rings. The van der Waals surface area contributed by atoms with Crippen molar-refractivity contribution in [1.82, 2.24) is 15.1 Å². The molecule has 1 aliphatic rings.